The van der Waals surface area contributed by atoms with Gasteiger partial charge in [-0.3, -0.25) is 0 Å². The number of nitrogens with one attached hydrogen (secondary N) is 2. The van der Waals surface area contributed by atoms with Crippen molar-refractivity contribution in [3.8, 4) is 0 Å². The number of carbonyl (C=O) groups is 1. The van der Waals surface area contributed by atoms with Gasteiger partial charge in [-0.25, -0.2) is 9.78 Å². The predicted octanol–water partition coefficient (Wildman–Crippen LogP) is 1.97. The second-order valence-corrected chi connectivity index (χ2v) is 5.41. The Hall–Kier alpha value is -2.08. The highest BCUT2D eigenvalue weighted by atomic mass is 16.5. The first-order chi connectivity index (χ1) is 10.1. The summed E-state index contributed by atoms with van der Waals surface area (Å²) in [6.07, 6.45) is 0. The lowest BCUT2D eigenvalue weighted by Gasteiger charge is -2.28. The normalized spacial score (nSPS) is 17.0. The number of hydrogen-bond donors (Lipinski definition) is 2. The Morgan fingerprint density at radius 2 is 2.19 bits per heavy atom. The minimum atomic E-state index is -0.159. The largest absolute Gasteiger partial charge is 0.378 e. The number of ether oxygens (including phenoxy) is 1. The van der Waals surface area contributed by atoms with Crippen LogP contribution in [0.4, 0.5) is 4.79 Å². The summed E-state index contributed by atoms with van der Waals surface area (Å²) in [5, 5.41) is 2.98. The Balaban J connectivity index is 1.71. The van der Waals surface area contributed by atoms with Crippen molar-refractivity contribution < 1.29 is 9.53 Å². The Bertz CT molecular complexity index is 646. The van der Waals surface area contributed by atoms with Crippen LogP contribution in [0.3, 0.4) is 0 Å². The number of urea groups is 1. The van der Waals surface area contributed by atoms with E-state index in [-0.39, 0.29) is 12.1 Å². The summed E-state index contributed by atoms with van der Waals surface area (Å²) in [5.74, 6) is 0.775. The van der Waals surface area contributed by atoms with E-state index in [1.807, 2.05) is 26.0 Å². The van der Waals surface area contributed by atoms with Gasteiger partial charge in [0.1, 0.15) is 5.82 Å². The fourth-order valence-corrected chi connectivity index (χ4v) is 2.46. The summed E-state index contributed by atoms with van der Waals surface area (Å²) in [4.78, 5) is 21.8. The molecule has 2 amide bonds. The predicted molar refractivity (Wildman–Crippen MR) is 80.2 cm³/mol. The number of rotatable bonds is 2. The Labute approximate surface area is 123 Å². The summed E-state index contributed by atoms with van der Waals surface area (Å²) < 4.78 is 5.25. The third-order valence-corrected chi connectivity index (χ3v) is 3.70. The van der Waals surface area contributed by atoms with Gasteiger partial charge in [-0.2, -0.15) is 0 Å². The van der Waals surface area contributed by atoms with Crippen LogP contribution in [0.25, 0.3) is 11.0 Å². The summed E-state index contributed by atoms with van der Waals surface area (Å²) in [7, 11) is 0. The van der Waals surface area contributed by atoms with Gasteiger partial charge in [0.05, 0.1) is 30.3 Å². The molecule has 21 heavy (non-hydrogen) atoms. The summed E-state index contributed by atoms with van der Waals surface area (Å²) in [6, 6.07) is 5.85. The van der Waals surface area contributed by atoms with Crippen LogP contribution in [-0.2, 0) is 4.74 Å². The first-order valence-corrected chi connectivity index (χ1v) is 7.23. The molecule has 0 saturated carbocycles. The van der Waals surface area contributed by atoms with E-state index < -0.39 is 0 Å². The van der Waals surface area contributed by atoms with Gasteiger partial charge >= 0.3 is 6.03 Å². The van der Waals surface area contributed by atoms with E-state index in [0.717, 1.165) is 16.9 Å². The molecule has 1 aromatic carbocycles. The maximum atomic E-state index is 12.2. The lowest BCUT2D eigenvalue weighted by Crippen LogP contribution is -2.46. The highest BCUT2D eigenvalue weighted by molar-refractivity contribution is 5.77. The van der Waals surface area contributed by atoms with Crippen LogP contribution >= 0.6 is 0 Å². The number of morpholine rings is 1. The van der Waals surface area contributed by atoms with Crippen LogP contribution in [0.15, 0.2) is 18.2 Å². The molecule has 1 aliphatic rings. The maximum Gasteiger partial charge on any atom is 0.318 e. The molecule has 2 aromatic rings. The second-order valence-electron chi connectivity index (χ2n) is 5.41. The minimum Gasteiger partial charge on any atom is -0.378 e. The molecule has 0 spiro atoms. The number of aromatic amines is 1. The molecule has 1 unspecified atom stereocenters. The third kappa shape index (κ3) is 3.00. The molecule has 6 heteroatoms. The highest BCUT2D eigenvalue weighted by Gasteiger charge is 2.20. The van der Waals surface area contributed by atoms with Crippen LogP contribution in [0.5, 0.6) is 0 Å². The minimum absolute atomic E-state index is 0.0672. The van der Waals surface area contributed by atoms with Gasteiger partial charge in [0.2, 0.25) is 0 Å². The van der Waals surface area contributed by atoms with Crippen LogP contribution in [-0.4, -0.2) is 47.2 Å². The number of benzene rings is 1. The van der Waals surface area contributed by atoms with Crippen molar-refractivity contribution in [3.05, 3.63) is 29.6 Å². The van der Waals surface area contributed by atoms with Gasteiger partial charge in [0.15, 0.2) is 0 Å². The van der Waals surface area contributed by atoms with Crippen molar-refractivity contribution in [3.63, 3.8) is 0 Å². The number of imidazole rings is 1. The van der Waals surface area contributed by atoms with E-state index in [4.69, 9.17) is 4.74 Å². The van der Waals surface area contributed by atoms with Crippen molar-refractivity contribution >= 4 is 17.1 Å². The lowest BCUT2D eigenvalue weighted by atomic mass is 10.2. The molecule has 2 heterocycles. The number of nitrogens with zero attached hydrogens (tertiary/aromatic N) is 2. The summed E-state index contributed by atoms with van der Waals surface area (Å²) >= 11 is 0. The van der Waals surface area contributed by atoms with Gasteiger partial charge in [-0.1, -0.05) is 6.07 Å². The molecule has 1 atom stereocenters. The van der Waals surface area contributed by atoms with E-state index in [0.29, 0.717) is 26.3 Å². The zero-order valence-electron chi connectivity index (χ0n) is 12.3. The molecule has 6 nitrogen and oxygen atoms in total. The first kappa shape index (κ1) is 13.9. The number of hydrogen-bond acceptors (Lipinski definition) is 3. The third-order valence-electron chi connectivity index (χ3n) is 3.70. The standard InChI is InChI=1S/C15H20N4O2/c1-10-3-4-12-13(9-10)18-14(17-12)11(2)16-15(20)19-5-7-21-8-6-19/h3-4,9,11H,5-8H2,1-2H3,(H,16,20)(H,17,18). The van der Waals surface area contributed by atoms with E-state index in [9.17, 15) is 4.79 Å². The number of amides is 2. The van der Waals surface area contributed by atoms with Gasteiger partial charge in [-0.05, 0) is 31.5 Å². The van der Waals surface area contributed by atoms with Crippen LogP contribution < -0.4 is 5.32 Å². The smallest absolute Gasteiger partial charge is 0.318 e. The number of carbonyl (C=O) groups excluding carboxylic acids is 1. The molecular weight excluding hydrogens is 268 g/mol. The number of fused-ring (bicyclic) bond motifs is 1. The summed E-state index contributed by atoms with van der Waals surface area (Å²) in [6.45, 7) is 6.46. The SMILES string of the molecule is Cc1ccc2nc(C(C)NC(=O)N3CCOCC3)[nH]c2c1. The van der Waals surface area contributed by atoms with Gasteiger partial charge < -0.3 is 19.9 Å². The van der Waals surface area contributed by atoms with Crippen molar-refractivity contribution in [2.75, 3.05) is 26.3 Å². The molecule has 1 aliphatic heterocycles. The average molecular weight is 288 g/mol. The second kappa shape index (κ2) is 5.73. The number of H-pyrrole nitrogens is 1. The van der Waals surface area contributed by atoms with Crippen LogP contribution in [0.1, 0.15) is 24.4 Å². The van der Waals surface area contributed by atoms with E-state index >= 15 is 0 Å². The average Bonchev–Trinajstić information content (AvgIpc) is 2.91. The molecule has 112 valence electrons. The number of aromatic nitrogens is 2. The molecule has 0 bridgehead atoms. The van der Waals surface area contributed by atoms with Crippen LogP contribution in [0.2, 0.25) is 0 Å². The topological polar surface area (TPSA) is 70.2 Å². The maximum absolute atomic E-state index is 12.2. The van der Waals surface area contributed by atoms with Gasteiger partial charge in [0, 0.05) is 13.1 Å². The Morgan fingerprint density at radius 1 is 1.43 bits per heavy atom. The molecule has 1 fully saturated rings. The summed E-state index contributed by atoms with van der Waals surface area (Å²) in [5.41, 5.74) is 3.10. The first-order valence-electron chi connectivity index (χ1n) is 7.23. The van der Waals surface area contributed by atoms with E-state index in [1.165, 1.54) is 5.56 Å². The molecule has 1 saturated heterocycles. The monoisotopic (exact) mass is 288 g/mol. The van der Waals surface area contributed by atoms with Crippen molar-refractivity contribution in [1.29, 1.82) is 0 Å². The molecule has 1 aromatic heterocycles. The molecule has 3 rings (SSSR count). The van der Waals surface area contributed by atoms with Crippen molar-refractivity contribution in [2.24, 2.45) is 0 Å². The van der Waals surface area contributed by atoms with Gasteiger partial charge in [-0.15, -0.1) is 0 Å². The quantitative estimate of drug-likeness (QED) is 0.887. The van der Waals surface area contributed by atoms with Crippen molar-refractivity contribution in [2.45, 2.75) is 19.9 Å². The molecule has 2 N–H and O–H groups in total. The zero-order chi connectivity index (χ0) is 14.8. The van der Waals surface area contributed by atoms with Crippen LogP contribution in [0, 0.1) is 6.92 Å². The zero-order valence-corrected chi connectivity index (χ0v) is 12.3. The molecular formula is C15H20N4O2. The Morgan fingerprint density at radius 3 is 2.95 bits per heavy atom. The van der Waals surface area contributed by atoms with Crippen molar-refractivity contribution in [1.82, 2.24) is 20.2 Å². The van der Waals surface area contributed by atoms with Gasteiger partial charge in [0.25, 0.3) is 0 Å². The Kier molecular flexibility index (Phi) is 3.79. The lowest BCUT2D eigenvalue weighted by molar-refractivity contribution is 0.0526. The number of aryl methyl sites for hydroxylation is 1. The molecule has 0 radical (unpaired) electrons. The van der Waals surface area contributed by atoms with E-state index in [2.05, 4.69) is 21.4 Å². The fourth-order valence-electron chi connectivity index (χ4n) is 2.46. The highest BCUT2D eigenvalue weighted by Crippen LogP contribution is 2.17. The fraction of sp³-hybridized carbons (Fsp3) is 0.467. The molecule has 0 aliphatic carbocycles. The van der Waals surface area contributed by atoms with E-state index in [1.54, 1.807) is 4.90 Å².